The largest absolute Gasteiger partial charge is 0.475 e. The number of aryl methyl sites for hydroxylation is 1. The summed E-state index contributed by atoms with van der Waals surface area (Å²) in [6.45, 7) is 5.98. The number of aromatic nitrogens is 1. The summed E-state index contributed by atoms with van der Waals surface area (Å²) in [4.78, 5) is 17.9. The minimum Gasteiger partial charge on any atom is -0.475 e. The van der Waals surface area contributed by atoms with Crippen molar-refractivity contribution >= 4 is 11.6 Å². The van der Waals surface area contributed by atoms with Crippen LogP contribution in [0.2, 0.25) is 0 Å². The number of hydrogen-bond acceptors (Lipinski definition) is 3. The standard InChI is InChI=1S/C25H26N2O2/c1-17(2)29-23-13-12-22(16-26-23)27-24(28)25(21-10-8-18(3)9-11-21)14-19-6-4-5-7-20(19)15-25/h4-13,16-17H,14-15H2,1-3H3,(H,27,28). The van der Waals surface area contributed by atoms with Crippen LogP contribution in [0.15, 0.2) is 66.9 Å². The molecule has 1 N–H and O–H groups in total. The van der Waals surface area contributed by atoms with Gasteiger partial charge in [0, 0.05) is 6.07 Å². The van der Waals surface area contributed by atoms with Gasteiger partial charge in [0.2, 0.25) is 11.8 Å². The van der Waals surface area contributed by atoms with Gasteiger partial charge in [-0.3, -0.25) is 4.79 Å². The van der Waals surface area contributed by atoms with E-state index in [0.717, 1.165) is 5.56 Å². The first-order valence-electron chi connectivity index (χ1n) is 10.0. The highest BCUT2D eigenvalue weighted by atomic mass is 16.5. The lowest BCUT2D eigenvalue weighted by Crippen LogP contribution is -2.41. The maximum absolute atomic E-state index is 13.6. The van der Waals surface area contributed by atoms with Crippen LogP contribution in [0.4, 0.5) is 5.69 Å². The summed E-state index contributed by atoms with van der Waals surface area (Å²) in [6.07, 6.45) is 3.10. The number of carbonyl (C=O) groups excluding carboxylic acids is 1. The van der Waals surface area contributed by atoms with Gasteiger partial charge in [-0.25, -0.2) is 4.98 Å². The molecule has 0 saturated heterocycles. The summed E-state index contributed by atoms with van der Waals surface area (Å²) in [5, 5.41) is 3.10. The van der Waals surface area contributed by atoms with E-state index in [4.69, 9.17) is 4.74 Å². The summed E-state index contributed by atoms with van der Waals surface area (Å²) in [6, 6.07) is 20.3. The number of amides is 1. The van der Waals surface area contributed by atoms with Gasteiger partial charge in [0.25, 0.3) is 0 Å². The normalized spacial score (nSPS) is 14.5. The summed E-state index contributed by atoms with van der Waals surface area (Å²) >= 11 is 0. The van der Waals surface area contributed by atoms with Gasteiger partial charge >= 0.3 is 0 Å². The molecular weight excluding hydrogens is 360 g/mol. The summed E-state index contributed by atoms with van der Waals surface area (Å²) in [7, 11) is 0. The third kappa shape index (κ3) is 3.88. The zero-order valence-electron chi connectivity index (χ0n) is 17.1. The lowest BCUT2D eigenvalue weighted by Gasteiger charge is -2.28. The van der Waals surface area contributed by atoms with Gasteiger partial charge in [-0.05, 0) is 56.4 Å². The van der Waals surface area contributed by atoms with E-state index in [1.165, 1.54) is 16.7 Å². The van der Waals surface area contributed by atoms with E-state index in [-0.39, 0.29) is 12.0 Å². The molecule has 4 nitrogen and oxygen atoms in total. The Kier molecular flexibility index (Phi) is 5.10. The zero-order valence-corrected chi connectivity index (χ0v) is 17.1. The molecule has 1 aromatic heterocycles. The molecule has 0 radical (unpaired) electrons. The van der Waals surface area contributed by atoms with Gasteiger partial charge in [-0.1, -0.05) is 54.1 Å². The molecule has 4 heteroatoms. The second kappa shape index (κ2) is 7.70. The first-order chi connectivity index (χ1) is 14.0. The summed E-state index contributed by atoms with van der Waals surface area (Å²) < 4.78 is 5.59. The van der Waals surface area contributed by atoms with E-state index in [9.17, 15) is 4.79 Å². The number of ether oxygens (including phenoxy) is 1. The Morgan fingerprint density at radius 1 is 1.00 bits per heavy atom. The van der Waals surface area contributed by atoms with Crippen LogP contribution in [0.5, 0.6) is 5.88 Å². The third-order valence-electron chi connectivity index (χ3n) is 5.49. The van der Waals surface area contributed by atoms with E-state index in [0.29, 0.717) is 24.4 Å². The van der Waals surface area contributed by atoms with Crippen molar-refractivity contribution in [3.8, 4) is 5.88 Å². The fraction of sp³-hybridized carbons (Fsp3) is 0.280. The highest BCUT2D eigenvalue weighted by molar-refractivity contribution is 6.00. The molecular formula is C25H26N2O2. The van der Waals surface area contributed by atoms with Crippen LogP contribution in [0.3, 0.4) is 0 Å². The van der Waals surface area contributed by atoms with E-state index in [1.807, 2.05) is 32.0 Å². The Hall–Kier alpha value is -3.14. The third-order valence-corrected chi connectivity index (χ3v) is 5.49. The number of pyridine rings is 1. The number of nitrogens with one attached hydrogen (secondary N) is 1. The minimum atomic E-state index is -0.621. The lowest BCUT2D eigenvalue weighted by atomic mass is 9.76. The Bertz CT molecular complexity index is 983. The second-order valence-corrected chi connectivity index (χ2v) is 8.08. The van der Waals surface area contributed by atoms with Gasteiger partial charge in [0.1, 0.15) is 0 Å². The maximum Gasteiger partial charge on any atom is 0.235 e. The van der Waals surface area contributed by atoms with Crippen molar-refractivity contribution < 1.29 is 9.53 Å². The summed E-state index contributed by atoms with van der Waals surface area (Å²) in [5.74, 6) is 0.552. The molecule has 148 valence electrons. The first-order valence-corrected chi connectivity index (χ1v) is 10.0. The maximum atomic E-state index is 13.6. The number of hydrogen-bond donors (Lipinski definition) is 1. The Balaban J connectivity index is 1.63. The number of rotatable bonds is 5. The highest BCUT2D eigenvalue weighted by Crippen LogP contribution is 2.41. The van der Waals surface area contributed by atoms with Gasteiger partial charge in [-0.2, -0.15) is 0 Å². The van der Waals surface area contributed by atoms with Crippen molar-refractivity contribution in [2.45, 2.75) is 45.1 Å². The lowest BCUT2D eigenvalue weighted by molar-refractivity contribution is -0.121. The Morgan fingerprint density at radius 2 is 1.66 bits per heavy atom. The zero-order chi connectivity index (χ0) is 20.4. The molecule has 1 aliphatic rings. The van der Waals surface area contributed by atoms with Crippen molar-refractivity contribution in [2.24, 2.45) is 0 Å². The Morgan fingerprint density at radius 3 is 2.21 bits per heavy atom. The topological polar surface area (TPSA) is 51.2 Å². The monoisotopic (exact) mass is 386 g/mol. The molecule has 0 bridgehead atoms. The number of anilines is 1. The highest BCUT2D eigenvalue weighted by Gasteiger charge is 2.45. The number of nitrogens with zero attached hydrogens (tertiary/aromatic N) is 1. The molecule has 3 aromatic rings. The van der Waals surface area contributed by atoms with Crippen LogP contribution in [0, 0.1) is 6.92 Å². The van der Waals surface area contributed by atoms with E-state index < -0.39 is 5.41 Å². The molecule has 1 heterocycles. The molecule has 0 fully saturated rings. The SMILES string of the molecule is Cc1ccc(C2(C(=O)Nc3ccc(OC(C)C)nc3)Cc3ccccc3C2)cc1. The van der Waals surface area contributed by atoms with Crippen LogP contribution in [-0.4, -0.2) is 17.0 Å². The van der Waals surface area contributed by atoms with E-state index >= 15 is 0 Å². The molecule has 0 spiro atoms. The number of carbonyl (C=O) groups is 1. The van der Waals surface area contributed by atoms with Crippen molar-refractivity contribution in [3.63, 3.8) is 0 Å². The average molecular weight is 386 g/mol. The van der Waals surface area contributed by atoms with Crippen LogP contribution in [0.25, 0.3) is 0 Å². The summed E-state index contributed by atoms with van der Waals surface area (Å²) in [5.41, 5.74) is 4.76. The average Bonchev–Trinajstić information content (AvgIpc) is 3.10. The molecule has 29 heavy (non-hydrogen) atoms. The van der Waals surface area contributed by atoms with E-state index in [2.05, 4.69) is 53.6 Å². The predicted octanol–water partition coefficient (Wildman–Crippen LogP) is 4.85. The van der Waals surface area contributed by atoms with Gasteiger partial charge < -0.3 is 10.1 Å². The first kappa shape index (κ1) is 19.2. The van der Waals surface area contributed by atoms with Crippen molar-refractivity contribution in [1.82, 2.24) is 4.98 Å². The molecule has 4 rings (SSSR count). The van der Waals surface area contributed by atoms with Crippen LogP contribution in [0.1, 0.15) is 36.1 Å². The molecule has 0 saturated carbocycles. The van der Waals surface area contributed by atoms with Gasteiger partial charge in [0.05, 0.1) is 23.4 Å². The minimum absolute atomic E-state index is 0.00289. The van der Waals surface area contributed by atoms with E-state index in [1.54, 1.807) is 12.3 Å². The van der Waals surface area contributed by atoms with Crippen LogP contribution >= 0.6 is 0 Å². The van der Waals surface area contributed by atoms with Crippen LogP contribution < -0.4 is 10.1 Å². The Labute approximate surface area is 172 Å². The fourth-order valence-electron chi connectivity index (χ4n) is 4.00. The van der Waals surface area contributed by atoms with Gasteiger partial charge in [-0.15, -0.1) is 0 Å². The predicted molar refractivity (Wildman–Crippen MR) is 115 cm³/mol. The van der Waals surface area contributed by atoms with Crippen molar-refractivity contribution in [2.75, 3.05) is 5.32 Å². The molecule has 0 unspecified atom stereocenters. The smallest absolute Gasteiger partial charge is 0.235 e. The molecule has 0 atom stereocenters. The van der Waals surface area contributed by atoms with Gasteiger partial charge in [0.15, 0.2) is 0 Å². The quantitative estimate of drug-likeness (QED) is 0.682. The number of fused-ring (bicyclic) bond motifs is 1. The number of benzene rings is 2. The second-order valence-electron chi connectivity index (χ2n) is 8.08. The van der Waals surface area contributed by atoms with Crippen molar-refractivity contribution in [1.29, 1.82) is 0 Å². The van der Waals surface area contributed by atoms with Crippen LogP contribution in [-0.2, 0) is 23.1 Å². The molecule has 1 aliphatic carbocycles. The molecule has 1 amide bonds. The molecule has 2 aromatic carbocycles. The molecule has 0 aliphatic heterocycles. The van der Waals surface area contributed by atoms with Crippen molar-refractivity contribution in [3.05, 3.63) is 89.1 Å². The fourth-order valence-corrected chi connectivity index (χ4v) is 4.00.